The Kier molecular flexibility index (Phi) is 28.9. The molecule has 0 heterocycles. The van der Waals surface area contributed by atoms with Gasteiger partial charge in [0.2, 0.25) is 47.3 Å². The van der Waals surface area contributed by atoms with Crippen LogP contribution in [-0.2, 0) is 49.6 Å². The molecule has 20 nitrogen and oxygen atoms in total. The van der Waals surface area contributed by atoms with Crippen LogP contribution in [0.1, 0.15) is 140 Å². The largest absolute Gasteiger partial charge is 0.480 e. The average molecular weight is 1000 g/mol. The molecule has 0 aliphatic rings. The lowest BCUT2D eigenvalue weighted by atomic mass is 9.95. The van der Waals surface area contributed by atoms with Crippen LogP contribution in [0, 0.1) is 29.6 Å². The summed E-state index contributed by atoms with van der Waals surface area (Å²) in [4.78, 5) is 122. The van der Waals surface area contributed by atoms with Crippen molar-refractivity contribution < 1.29 is 48.3 Å². The van der Waals surface area contributed by atoms with Crippen molar-refractivity contribution in [2.75, 3.05) is 6.54 Å². The lowest BCUT2D eigenvalue weighted by molar-refractivity contribution is -0.141. The maximum Gasteiger partial charge on any atom is 0.325 e. The lowest BCUT2D eigenvalue weighted by Gasteiger charge is -2.31. The maximum atomic E-state index is 14.4. The van der Waals surface area contributed by atoms with Gasteiger partial charge in [0.25, 0.3) is 0 Å². The molecule has 0 radical (unpaired) electrons. The fourth-order valence-corrected chi connectivity index (χ4v) is 7.49. The van der Waals surface area contributed by atoms with Gasteiger partial charge < -0.3 is 59.1 Å². The van der Waals surface area contributed by atoms with Gasteiger partial charge in [-0.15, -0.1) is 0 Å². The molecule has 0 saturated carbocycles. The van der Waals surface area contributed by atoms with Gasteiger partial charge in [-0.1, -0.05) is 119 Å². The highest BCUT2D eigenvalue weighted by Crippen LogP contribution is 2.16. The standard InChI is InChI=1S/C51H88N10O10/c1-13-30(8)40(53)48(67)58-39(27-35-21-17-16-18-22-35)46(65)57-38(26-29(6)7)47(66)61-41(31(9)14-2)49(68)56-36(23-19-20-24-52)44(63)60-42(32(10)15-3)50(69)59-37(25-28(4)5)45(64)54-33(11)43(62)55-34(12)51(70)71/h16-18,21-22,28-34,36-42H,13-15,19-20,23-27,52-53H2,1-12H3,(H,54,64)(H,55,62)(H,56,68)(H,57,65)(H,58,67)(H,59,69)(H,60,63)(H,61,66)(H,70,71)/t30-,31-,32-,33-,34-,36-,37-,38-,39-,40-,41-,42-/m0/s1. The number of nitrogens with one attached hydrogen (secondary N) is 8. The van der Waals surface area contributed by atoms with Crippen molar-refractivity contribution in [1.82, 2.24) is 42.5 Å². The molecule has 1 aromatic carbocycles. The average Bonchev–Trinajstić information content (AvgIpc) is 3.32. The SMILES string of the molecule is CC[C@H](C)[C@H](N)C(=O)N[C@@H](Cc1ccccc1)C(=O)N[C@@H](CC(C)C)C(=O)N[C@H](C(=O)N[C@@H](CCCCN)C(=O)N[C@H](C(=O)N[C@@H](CC(C)C)C(=O)N[C@@H](C)C(=O)N[C@@H](C)C(=O)O)[C@@H](C)CC)[C@@H](C)CC. The number of carboxylic acids is 1. The minimum Gasteiger partial charge on any atom is -0.480 e. The van der Waals surface area contributed by atoms with Gasteiger partial charge in [0, 0.05) is 6.42 Å². The number of rotatable bonds is 33. The van der Waals surface area contributed by atoms with Crippen molar-refractivity contribution >= 4 is 53.2 Å². The maximum absolute atomic E-state index is 14.4. The van der Waals surface area contributed by atoms with Crippen molar-refractivity contribution in [2.45, 2.75) is 195 Å². The first-order chi connectivity index (χ1) is 33.3. The second-order valence-electron chi connectivity index (χ2n) is 19.9. The van der Waals surface area contributed by atoms with Crippen LogP contribution >= 0.6 is 0 Å². The van der Waals surface area contributed by atoms with E-state index in [2.05, 4.69) is 42.5 Å². The minimum atomic E-state index is -1.26. The second kappa shape index (κ2) is 32.4. The third-order valence-corrected chi connectivity index (χ3v) is 12.8. The van der Waals surface area contributed by atoms with Gasteiger partial charge >= 0.3 is 5.97 Å². The van der Waals surface area contributed by atoms with Crippen molar-refractivity contribution in [2.24, 2.45) is 41.1 Å². The number of amides is 8. The fraction of sp³-hybridized carbons (Fsp3) is 0.706. The smallest absolute Gasteiger partial charge is 0.325 e. The Bertz CT molecular complexity index is 1880. The second-order valence-corrected chi connectivity index (χ2v) is 19.9. The van der Waals surface area contributed by atoms with E-state index in [9.17, 15) is 48.3 Å². The highest BCUT2D eigenvalue weighted by atomic mass is 16.4. The van der Waals surface area contributed by atoms with Crippen LogP contribution in [-0.4, -0.2) is 119 Å². The van der Waals surface area contributed by atoms with Crippen molar-refractivity contribution in [3.8, 4) is 0 Å². The molecule has 0 aliphatic carbocycles. The number of hydrogen-bond donors (Lipinski definition) is 11. The molecule has 0 aromatic heterocycles. The van der Waals surface area contributed by atoms with Crippen LogP contribution in [0.5, 0.6) is 0 Å². The van der Waals surface area contributed by atoms with Crippen molar-refractivity contribution in [3.63, 3.8) is 0 Å². The van der Waals surface area contributed by atoms with E-state index < -0.39 is 119 Å². The number of nitrogens with two attached hydrogens (primary N) is 2. The monoisotopic (exact) mass is 1000 g/mol. The highest BCUT2D eigenvalue weighted by Gasteiger charge is 2.37. The third kappa shape index (κ3) is 22.6. The van der Waals surface area contributed by atoms with Crippen LogP contribution in [0.3, 0.4) is 0 Å². The van der Waals surface area contributed by atoms with Gasteiger partial charge in [-0.3, -0.25) is 43.2 Å². The van der Waals surface area contributed by atoms with E-state index in [1.165, 1.54) is 13.8 Å². The molecule has 20 heteroatoms. The summed E-state index contributed by atoms with van der Waals surface area (Å²) in [6.45, 7) is 21.4. The molecule has 0 saturated heterocycles. The Morgan fingerprint density at radius 3 is 1.34 bits per heavy atom. The molecule has 12 atom stereocenters. The quantitative estimate of drug-likeness (QED) is 0.0450. The zero-order valence-electron chi connectivity index (χ0n) is 44.3. The first kappa shape index (κ1) is 63.4. The third-order valence-electron chi connectivity index (χ3n) is 12.8. The molecular formula is C51H88N10O10. The zero-order chi connectivity index (χ0) is 54.1. The van der Waals surface area contributed by atoms with Gasteiger partial charge in [-0.25, -0.2) is 0 Å². The number of carbonyl (C=O) groups excluding carboxylic acids is 8. The number of unbranched alkanes of at least 4 members (excludes halogenated alkanes) is 1. The van der Waals surface area contributed by atoms with Crippen LogP contribution in [0.25, 0.3) is 0 Å². The van der Waals surface area contributed by atoms with E-state index in [1.54, 1.807) is 13.8 Å². The summed E-state index contributed by atoms with van der Waals surface area (Å²) in [6, 6.07) is -0.976. The summed E-state index contributed by atoms with van der Waals surface area (Å²) < 4.78 is 0. The first-order valence-electron chi connectivity index (χ1n) is 25.5. The summed E-state index contributed by atoms with van der Waals surface area (Å²) in [6.07, 6.45) is 3.07. The number of benzene rings is 1. The molecule has 402 valence electrons. The fourth-order valence-electron chi connectivity index (χ4n) is 7.49. The molecule has 0 aliphatic heterocycles. The van der Waals surface area contributed by atoms with Gasteiger partial charge in [0.05, 0.1) is 6.04 Å². The molecule has 13 N–H and O–H groups in total. The summed E-state index contributed by atoms with van der Waals surface area (Å²) in [7, 11) is 0. The highest BCUT2D eigenvalue weighted by molar-refractivity contribution is 5.98. The molecule has 0 fully saturated rings. The van der Waals surface area contributed by atoms with E-state index >= 15 is 0 Å². The molecule has 0 bridgehead atoms. The predicted molar refractivity (Wildman–Crippen MR) is 273 cm³/mol. The molecule has 0 unspecified atom stereocenters. The minimum absolute atomic E-state index is 0.0892. The van der Waals surface area contributed by atoms with Gasteiger partial charge in [-0.2, -0.15) is 0 Å². The van der Waals surface area contributed by atoms with Crippen LogP contribution in [0.4, 0.5) is 0 Å². The van der Waals surface area contributed by atoms with Crippen LogP contribution in [0.15, 0.2) is 30.3 Å². The predicted octanol–water partition coefficient (Wildman–Crippen LogP) is 1.92. The molecule has 8 amide bonds. The van der Waals surface area contributed by atoms with Crippen LogP contribution < -0.4 is 54.0 Å². The summed E-state index contributed by atoms with van der Waals surface area (Å²) >= 11 is 0. The number of carbonyl (C=O) groups is 9. The first-order valence-corrected chi connectivity index (χ1v) is 25.5. The van der Waals surface area contributed by atoms with Gasteiger partial charge in [-0.05, 0) is 87.6 Å². The summed E-state index contributed by atoms with van der Waals surface area (Å²) in [5, 5.41) is 30.9. The molecule has 1 aromatic rings. The van der Waals surface area contributed by atoms with Crippen LogP contribution in [0.2, 0.25) is 0 Å². The number of hydrogen-bond acceptors (Lipinski definition) is 11. The zero-order valence-corrected chi connectivity index (χ0v) is 44.3. The van der Waals surface area contributed by atoms with E-state index in [-0.39, 0.29) is 43.4 Å². The van der Waals surface area contributed by atoms with E-state index in [0.29, 0.717) is 38.6 Å². The molecule has 71 heavy (non-hydrogen) atoms. The topological polar surface area (TPSA) is 322 Å². The van der Waals surface area contributed by atoms with Gasteiger partial charge in [0.15, 0.2) is 0 Å². The van der Waals surface area contributed by atoms with Crippen molar-refractivity contribution in [3.05, 3.63) is 35.9 Å². The van der Waals surface area contributed by atoms with E-state index in [4.69, 9.17) is 11.5 Å². The summed E-state index contributed by atoms with van der Waals surface area (Å²) in [5.41, 5.74) is 12.8. The number of aliphatic carboxylic acids is 1. The van der Waals surface area contributed by atoms with E-state index in [0.717, 1.165) is 5.56 Å². The molecule has 1 rings (SSSR count). The Morgan fingerprint density at radius 2 is 0.887 bits per heavy atom. The number of carboxylic acid groups (broad SMARTS) is 1. The summed E-state index contributed by atoms with van der Waals surface area (Å²) in [5.74, 6) is -7.72. The molecule has 0 spiro atoms. The Labute approximate surface area is 421 Å². The normalized spacial score (nSPS) is 16.5. The van der Waals surface area contributed by atoms with E-state index in [1.807, 2.05) is 85.7 Å². The lowest BCUT2D eigenvalue weighted by Crippen LogP contribution is -2.62. The van der Waals surface area contributed by atoms with Gasteiger partial charge in [0.1, 0.15) is 48.3 Å². The Morgan fingerprint density at radius 1 is 0.479 bits per heavy atom. The Balaban J connectivity index is 3.48. The Hall–Kier alpha value is -5.63. The van der Waals surface area contributed by atoms with Crippen molar-refractivity contribution in [1.29, 1.82) is 0 Å². The molecular weight excluding hydrogens is 913 g/mol.